The summed E-state index contributed by atoms with van der Waals surface area (Å²) in [5.41, 5.74) is 5.66. The fourth-order valence-electron chi connectivity index (χ4n) is 4.27. The van der Waals surface area contributed by atoms with E-state index in [0.717, 1.165) is 31.2 Å². The third-order valence-electron chi connectivity index (χ3n) is 5.94. The number of hydrogen-bond donors (Lipinski definition) is 2. The molecule has 0 heterocycles. The Labute approximate surface area is 213 Å². The van der Waals surface area contributed by atoms with Gasteiger partial charge in [-0.3, -0.25) is 9.59 Å². The zero-order valence-corrected chi connectivity index (χ0v) is 22.0. The standard InChI is InChI=1S/C26H39ClN2O6/c1-5-33-23(31)15-17-9-11-18(12-10-17)20-7-6-8-21(24(20)27)34-16-19(13-14-22(28)30)29-25(32)35-26(2,3)4/h6-8,17-19H,5,9-16H2,1-4H3,(H2,28,30)(H,29,32). The topological polar surface area (TPSA) is 117 Å². The van der Waals surface area contributed by atoms with E-state index in [1.54, 1.807) is 26.8 Å². The summed E-state index contributed by atoms with van der Waals surface area (Å²) < 4.78 is 16.4. The van der Waals surface area contributed by atoms with Gasteiger partial charge >= 0.3 is 12.1 Å². The Hall–Kier alpha value is -2.48. The molecule has 1 atom stereocenters. The molecule has 2 amide bonds. The van der Waals surface area contributed by atoms with Crippen LogP contribution in [-0.4, -0.2) is 42.8 Å². The Morgan fingerprint density at radius 1 is 1.17 bits per heavy atom. The molecule has 0 aliphatic heterocycles. The van der Waals surface area contributed by atoms with Crippen LogP contribution in [0.15, 0.2) is 18.2 Å². The Kier molecular flexibility index (Phi) is 11.1. The molecule has 0 aromatic heterocycles. The molecular formula is C26H39ClN2O6. The van der Waals surface area contributed by atoms with Crippen LogP contribution in [0.2, 0.25) is 5.02 Å². The minimum atomic E-state index is -0.647. The highest BCUT2D eigenvalue weighted by molar-refractivity contribution is 6.32. The molecule has 3 N–H and O–H groups in total. The van der Waals surface area contributed by atoms with Crippen molar-refractivity contribution in [2.75, 3.05) is 13.2 Å². The van der Waals surface area contributed by atoms with E-state index in [-0.39, 0.29) is 24.9 Å². The number of carbonyl (C=O) groups is 3. The lowest BCUT2D eigenvalue weighted by Crippen LogP contribution is -2.42. The van der Waals surface area contributed by atoms with Gasteiger partial charge < -0.3 is 25.3 Å². The van der Waals surface area contributed by atoms with Crippen molar-refractivity contribution in [3.63, 3.8) is 0 Å². The summed E-state index contributed by atoms with van der Waals surface area (Å²) in [6, 6.07) is 5.22. The number of benzene rings is 1. The van der Waals surface area contributed by atoms with E-state index >= 15 is 0 Å². The van der Waals surface area contributed by atoms with Gasteiger partial charge in [0.25, 0.3) is 0 Å². The molecule has 1 aliphatic carbocycles. The van der Waals surface area contributed by atoms with E-state index in [4.69, 9.17) is 31.5 Å². The van der Waals surface area contributed by atoms with E-state index in [0.29, 0.717) is 36.1 Å². The first-order chi connectivity index (χ1) is 16.5. The highest BCUT2D eigenvalue weighted by atomic mass is 35.5. The molecular weight excluding hydrogens is 472 g/mol. The van der Waals surface area contributed by atoms with Crippen molar-refractivity contribution < 1.29 is 28.6 Å². The molecule has 1 fully saturated rings. The molecule has 9 heteroatoms. The number of hydrogen-bond acceptors (Lipinski definition) is 6. The van der Waals surface area contributed by atoms with Crippen molar-refractivity contribution in [1.82, 2.24) is 5.32 Å². The summed E-state index contributed by atoms with van der Waals surface area (Å²) in [5, 5.41) is 3.30. The number of nitrogens with two attached hydrogens (primary N) is 1. The second-order valence-corrected chi connectivity index (χ2v) is 10.4. The monoisotopic (exact) mass is 510 g/mol. The maximum absolute atomic E-state index is 12.2. The summed E-state index contributed by atoms with van der Waals surface area (Å²) in [7, 11) is 0. The van der Waals surface area contributed by atoms with Crippen molar-refractivity contribution >= 4 is 29.6 Å². The van der Waals surface area contributed by atoms with Crippen molar-refractivity contribution in [2.45, 2.75) is 90.2 Å². The van der Waals surface area contributed by atoms with E-state index in [9.17, 15) is 14.4 Å². The van der Waals surface area contributed by atoms with Gasteiger partial charge in [0.05, 0.1) is 17.7 Å². The second kappa shape index (κ2) is 13.6. The van der Waals surface area contributed by atoms with Crippen LogP contribution < -0.4 is 15.8 Å². The molecule has 2 rings (SSSR count). The third-order valence-corrected chi connectivity index (χ3v) is 6.34. The summed E-state index contributed by atoms with van der Waals surface area (Å²) in [6.07, 6.45) is 4.07. The van der Waals surface area contributed by atoms with Crippen LogP contribution in [0, 0.1) is 5.92 Å². The number of halogens is 1. The molecule has 0 saturated heterocycles. The highest BCUT2D eigenvalue weighted by Gasteiger charge is 2.27. The maximum Gasteiger partial charge on any atom is 0.407 e. The molecule has 8 nitrogen and oxygen atoms in total. The normalized spacial score (nSPS) is 18.9. The van der Waals surface area contributed by atoms with Gasteiger partial charge in [0.2, 0.25) is 5.91 Å². The number of alkyl carbamates (subject to hydrolysis) is 1. The first-order valence-corrected chi connectivity index (χ1v) is 12.7. The Balaban J connectivity index is 1.99. The molecule has 1 aliphatic rings. The number of esters is 1. The average Bonchev–Trinajstić information content (AvgIpc) is 2.76. The average molecular weight is 511 g/mol. The maximum atomic E-state index is 12.2. The zero-order valence-electron chi connectivity index (χ0n) is 21.2. The summed E-state index contributed by atoms with van der Waals surface area (Å²) >= 11 is 6.72. The smallest absolute Gasteiger partial charge is 0.407 e. The number of carbonyl (C=O) groups excluding carboxylic acids is 3. The molecule has 0 radical (unpaired) electrons. The van der Waals surface area contributed by atoms with Crippen LogP contribution in [0.25, 0.3) is 0 Å². The fourth-order valence-corrected chi connectivity index (χ4v) is 4.60. The molecule has 0 bridgehead atoms. The minimum absolute atomic E-state index is 0.104. The number of rotatable bonds is 11. The highest BCUT2D eigenvalue weighted by Crippen LogP contribution is 2.42. The largest absolute Gasteiger partial charge is 0.490 e. The first kappa shape index (κ1) is 28.8. The Bertz CT molecular complexity index is 862. The van der Waals surface area contributed by atoms with E-state index in [1.807, 2.05) is 19.1 Å². The van der Waals surface area contributed by atoms with E-state index < -0.39 is 23.6 Å². The van der Waals surface area contributed by atoms with Crippen LogP contribution in [0.5, 0.6) is 5.75 Å². The van der Waals surface area contributed by atoms with Gasteiger partial charge in [-0.25, -0.2) is 4.79 Å². The number of nitrogens with one attached hydrogen (secondary N) is 1. The minimum Gasteiger partial charge on any atom is -0.490 e. The summed E-state index contributed by atoms with van der Waals surface area (Å²) in [4.78, 5) is 35.3. The van der Waals surface area contributed by atoms with E-state index in [2.05, 4.69) is 5.32 Å². The molecule has 1 saturated carbocycles. The summed E-state index contributed by atoms with van der Waals surface area (Å²) in [5.74, 6) is 0.561. The predicted octanol–water partition coefficient (Wildman–Crippen LogP) is 5.10. The van der Waals surface area contributed by atoms with Crippen molar-refractivity contribution in [3.05, 3.63) is 28.8 Å². The van der Waals surface area contributed by atoms with Crippen LogP contribution in [0.3, 0.4) is 0 Å². The van der Waals surface area contributed by atoms with Gasteiger partial charge in [-0.1, -0.05) is 23.7 Å². The first-order valence-electron chi connectivity index (χ1n) is 12.3. The lowest BCUT2D eigenvalue weighted by Gasteiger charge is -2.29. The van der Waals surface area contributed by atoms with Gasteiger partial charge in [-0.15, -0.1) is 0 Å². The van der Waals surface area contributed by atoms with Crippen LogP contribution in [0.1, 0.15) is 84.1 Å². The van der Waals surface area contributed by atoms with Crippen molar-refractivity contribution in [1.29, 1.82) is 0 Å². The molecule has 0 spiro atoms. The van der Waals surface area contributed by atoms with E-state index in [1.165, 1.54) is 0 Å². The van der Waals surface area contributed by atoms with Crippen LogP contribution in [-0.2, 0) is 19.1 Å². The zero-order chi connectivity index (χ0) is 26.0. The van der Waals surface area contributed by atoms with Gasteiger partial charge in [0.15, 0.2) is 0 Å². The number of primary amides is 1. The van der Waals surface area contributed by atoms with Gasteiger partial charge in [-0.2, -0.15) is 0 Å². The predicted molar refractivity (Wildman–Crippen MR) is 134 cm³/mol. The number of amides is 2. The second-order valence-electron chi connectivity index (χ2n) is 10.0. The molecule has 1 unspecified atom stereocenters. The van der Waals surface area contributed by atoms with Crippen molar-refractivity contribution in [3.8, 4) is 5.75 Å². The van der Waals surface area contributed by atoms with Crippen LogP contribution in [0.4, 0.5) is 4.79 Å². The lowest BCUT2D eigenvalue weighted by molar-refractivity contribution is -0.144. The third kappa shape index (κ3) is 10.3. The molecule has 1 aromatic carbocycles. The SMILES string of the molecule is CCOC(=O)CC1CCC(c2cccc(OCC(CCC(N)=O)NC(=O)OC(C)(C)C)c2Cl)CC1. The van der Waals surface area contributed by atoms with Crippen molar-refractivity contribution in [2.24, 2.45) is 11.7 Å². The Morgan fingerprint density at radius 3 is 2.46 bits per heavy atom. The molecule has 1 aromatic rings. The number of ether oxygens (including phenoxy) is 3. The fraction of sp³-hybridized carbons (Fsp3) is 0.654. The Morgan fingerprint density at radius 2 is 1.86 bits per heavy atom. The van der Waals surface area contributed by atoms with Crippen LogP contribution >= 0.6 is 11.6 Å². The van der Waals surface area contributed by atoms with Gasteiger partial charge in [0.1, 0.15) is 18.0 Å². The lowest BCUT2D eigenvalue weighted by atomic mass is 9.77. The molecule has 196 valence electrons. The van der Waals surface area contributed by atoms with Gasteiger partial charge in [-0.05, 0) is 83.3 Å². The van der Waals surface area contributed by atoms with Gasteiger partial charge in [0, 0.05) is 12.8 Å². The quantitative estimate of drug-likeness (QED) is 0.400. The molecule has 35 heavy (non-hydrogen) atoms. The summed E-state index contributed by atoms with van der Waals surface area (Å²) in [6.45, 7) is 7.67.